The Balaban J connectivity index is 2.23. The molecule has 16 heavy (non-hydrogen) atoms. The highest BCUT2D eigenvalue weighted by Crippen LogP contribution is 2.59. The molecule has 0 aliphatic heterocycles. The third kappa shape index (κ3) is 1.10. The highest BCUT2D eigenvalue weighted by Gasteiger charge is 2.65. The van der Waals surface area contributed by atoms with Crippen LogP contribution in [0.2, 0.25) is 0 Å². The van der Waals surface area contributed by atoms with E-state index in [1.54, 1.807) is 12.3 Å². The van der Waals surface area contributed by atoms with E-state index >= 15 is 0 Å². The van der Waals surface area contributed by atoms with E-state index in [1.807, 2.05) is 0 Å². The SMILES string of the molecule is FC(F)(F)C1(c2cccn3cnnc23)CC1. The highest BCUT2D eigenvalue weighted by molar-refractivity contribution is 5.54. The topological polar surface area (TPSA) is 30.2 Å². The predicted octanol–water partition coefficient (Wildman–Crippen LogP) is 2.32. The van der Waals surface area contributed by atoms with Gasteiger partial charge in [-0.25, -0.2) is 0 Å². The molecule has 0 N–H and O–H groups in total. The van der Waals surface area contributed by atoms with Gasteiger partial charge in [-0.3, -0.25) is 4.40 Å². The van der Waals surface area contributed by atoms with Gasteiger partial charge in [-0.15, -0.1) is 10.2 Å². The molecule has 0 spiro atoms. The predicted molar refractivity (Wildman–Crippen MR) is 50.0 cm³/mol. The van der Waals surface area contributed by atoms with Crippen molar-refractivity contribution < 1.29 is 13.2 Å². The number of alkyl halides is 3. The van der Waals surface area contributed by atoms with Gasteiger partial charge >= 0.3 is 6.18 Å². The van der Waals surface area contributed by atoms with E-state index in [1.165, 1.54) is 16.8 Å². The molecule has 1 saturated carbocycles. The standard InChI is InChI=1S/C10H8F3N3/c11-10(12,13)9(3-4-9)7-2-1-5-16-6-14-15-8(7)16/h1-2,5-6H,3-4H2. The maximum absolute atomic E-state index is 13.0. The molecule has 0 saturated heterocycles. The summed E-state index contributed by atoms with van der Waals surface area (Å²) in [5, 5.41) is 7.38. The van der Waals surface area contributed by atoms with Crippen molar-refractivity contribution in [2.45, 2.75) is 24.4 Å². The first kappa shape index (κ1) is 9.62. The molecule has 0 amide bonds. The maximum atomic E-state index is 13.0. The van der Waals surface area contributed by atoms with E-state index < -0.39 is 11.6 Å². The summed E-state index contributed by atoms with van der Waals surface area (Å²) in [6.45, 7) is 0. The number of fused-ring (bicyclic) bond motifs is 1. The van der Waals surface area contributed by atoms with E-state index in [0.717, 1.165) is 0 Å². The molecule has 2 aromatic rings. The van der Waals surface area contributed by atoms with Crippen LogP contribution in [0, 0.1) is 0 Å². The van der Waals surface area contributed by atoms with Crippen LogP contribution < -0.4 is 0 Å². The normalized spacial score (nSPS) is 18.9. The van der Waals surface area contributed by atoms with Crippen LogP contribution in [-0.2, 0) is 5.41 Å². The van der Waals surface area contributed by atoms with Gasteiger partial charge in [0.25, 0.3) is 0 Å². The Labute approximate surface area is 88.9 Å². The van der Waals surface area contributed by atoms with E-state index in [4.69, 9.17) is 0 Å². The van der Waals surface area contributed by atoms with Gasteiger partial charge in [-0.05, 0) is 18.9 Å². The fraction of sp³-hybridized carbons (Fsp3) is 0.400. The van der Waals surface area contributed by atoms with E-state index in [-0.39, 0.29) is 18.4 Å². The lowest BCUT2D eigenvalue weighted by molar-refractivity contribution is -0.160. The molecule has 0 bridgehead atoms. The van der Waals surface area contributed by atoms with Crippen molar-refractivity contribution in [3.05, 3.63) is 30.2 Å². The lowest BCUT2D eigenvalue weighted by Crippen LogP contribution is -2.29. The molecular formula is C10H8F3N3. The second-order valence-electron chi connectivity index (χ2n) is 4.06. The van der Waals surface area contributed by atoms with Gasteiger partial charge in [0, 0.05) is 11.8 Å². The second kappa shape index (κ2) is 2.75. The number of hydrogen-bond acceptors (Lipinski definition) is 2. The van der Waals surface area contributed by atoms with Gasteiger partial charge in [-0.2, -0.15) is 13.2 Å². The summed E-state index contributed by atoms with van der Waals surface area (Å²) >= 11 is 0. The average molecular weight is 227 g/mol. The zero-order valence-electron chi connectivity index (χ0n) is 8.20. The average Bonchev–Trinajstić information content (AvgIpc) is 2.89. The molecular weight excluding hydrogens is 219 g/mol. The number of halogens is 3. The van der Waals surface area contributed by atoms with Gasteiger partial charge in [0.2, 0.25) is 0 Å². The maximum Gasteiger partial charge on any atom is 0.398 e. The molecule has 0 atom stereocenters. The third-order valence-corrected chi connectivity index (χ3v) is 3.13. The first-order valence-electron chi connectivity index (χ1n) is 4.90. The molecule has 3 nitrogen and oxygen atoms in total. The van der Waals surface area contributed by atoms with Gasteiger partial charge in [0.15, 0.2) is 5.65 Å². The molecule has 2 aromatic heterocycles. The van der Waals surface area contributed by atoms with Crippen LogP contribution in [0.5, 0.6) is 0 Å². The van der Waals surface area contributed by atoms with Crippen molar-refractivity contribution in [2.24, 2.45) is 0 Å². The van der Waals surface area contributed by atoms with Crippen molar-refractivity contribution in [3.63, 3.8) is 0 Å². The Bertz CT molecular complexity index is 539. The number of nitrogens with zero attached hydrogens (tertiary/aromatic N) is 3. The lowest BCUT2D eigenvalue weighted by Gasteiger charge is -2.19. The van der Waals surface area contributed by atoms with Gasteiger partial charge in [-0.1, -0.05) is 6.07 Å². The molecule has 2 heterocycles. The van der Waals surface area contributed by atoms with Crippen molar-refractivity contribution in [1.29, 1.82) is 0 Å². The van der Waals surface area contributed by atoms with E-state index in [0.29, 0.717) is 5.65 Å². The van der Waals surface area contributed by atoms with Crippen molar-refractivity contribution in [2.75, 3.05) is 0 Å². The Kier molecular flexibility index (Phi) is 1.65. The number of aromatic nitrogens is 3. The number of rotatable bonds is 1. The minimum absolute atomic E-state index is 0.142. The van der Waals surface area contributed by atoms with Crippen LogP contribution in [0.1, 0.15) is 18.4 Å². The van der Waals surface area contributed by atoms with Crippen molar-refractivity contribution in [1.82, 2.24) is 14.6 Å². The quantitative estimate of drug-likeness (QED) is 0.748. The van der Waals surface area contributed by atoms with Crippen LogP contribution in [-0.4, -0.2) is 20.8 Å². The minimum atomic E-state index is -4.21. The van der Waals surface area contributed by atoms with Crippen molar-refractivity contribution in [3.8, 4) is 0 Å². The van der Waals surface area contributed by atoms with Crippen LogP contribution in [0.25, 0.3) is 5.65 Å². The molecule has 1 fully saturated rings. The summed E-state index contributed by atoms with van der Waals surface area (Å²) < 4.78 is 40.4. The summed E-state index contributed by atoms with van der Waals surface area (Å²) in [6, 6.07) is 3.09. The third-order valence-electron chi connectivity index (χ3n) is 3.13. The van der Waals surface area contributed by atoms with Crippen LogP contribution in [0.15, 0.2) is 24.7 Å². The Morgan fingerprint density at radius 1 is 1.31 bits per heavy atom. The molecule has 0 radical (unpaired) electrons. The molecule has 0 aromatic carbocycles. The monoisotopic (exact) mass is 227 g/mol. The Morgan fingerprint density at radius 3 is 2.69 bits per heavy atom. The molecule has 3 rings (SSSR count). The van der Waals surface area contributed by atoms with Gasteiger partial charge < -0.3 is 0 Å². The first-order valence-corrected chi connectivity index (χ1v) is 4.90. The summed E-state index contributed by atoms with van der Waals surface area (Å²) in [4.78, 5) is 0. The fourth-order valence-corrected chi connectivity index (χ4v) is 2.06. The minimum Gasteiger partial charge on any atom is -0.289 e. The molecule has 84 valence electrons. The van der Waals surface area contributed by atoms with E-state index in [9.17, 15) is 13.2 Å². The second-order valence-corrected chi connectivity index (χ2v) is 4.06. The zero-order chi connectivity index (χ0) is 11.4. The summed E-state index contributed by atoms with van der Waals surface area (Å²) in [5.74, 6) is 0. The molecule has 1 aliphatic rings. The largest absolute Gasteiger partial charge is 0.398 e. The highest BCUT2D eigenvalue weighted by atomic mass is 19.4. The fourth-order valence-electron chi connectivity index (χ4n) is 2.06. The molecule has 0 unspecified atom stereocenters. The summed E-state index contributed by atoms with van der Waals surface area (Å²) in [5.41, 5.74) is -1.15. The van der Waals surface area contributed by atoms with Gasteiger partial charge in [0.05, 0.1) is 5.41 Å². The lowest BCUT2D eigenvalue weighted by atomic mass is 9.96. The number of hydrogen-bond donors (Lipinski definition) is 0. The Morgan fingerprint density at radius 2 is 2.06 bits per heavy atom. The van der Waals surface area contributed by atoms with Gasteiger partial charge in [0.1, 0.15) is 6.33 Å². The van der Waals surface area contributed by atoms with Crippen LogP contribution in [0.3, 0.4) is 0 Å². The molecule has 1 aliphatic carbocycles. The first-order chi connectivity index (χ1) is 7.55. The summed E-state index contributed by atoms with van der Waals surface area (Å²) in [6.07, 6.45) is -0.872. The molecule has 6 heteroatoms. The van der Waals surface area contributed by atoms with Crippen LogP contribution in [0.4, 0.5) is 13.2 Å². The van der Waals surface area contributed by atoms with Crippen molar-refractivity contribution >= 4 is 5.65 Å². The Hall–Kier alpha value is -1.59. The van der Waals surface area contributed by atoms with E-state index in [2.05, 4.69) is 10.2 Å². The zero-order valence-corrected chi connectivity index (χ0v) is 8.20. The smallest absolute Gasteiger partial charge is 0.289 e. The summed E-state index contributed by atoms with van der Waals surface area (Å²) in [7, 11) is 0. The number of pyridine rings is 1. The van der Waals surface area contributed by atoms with Crippen LogP contribution >= 0.6 is 0 Å².